The van der Waals surface area contributed by atoms with Gasteiger partial charge in [-0.15, -0.1) is 0 Å². The summed E-state index contributed by atoms with van der Waals surface area (Å²) in [5, 5.41) is 9.57. The van der Waals surface area contributed by atoms with Crippen LogP contribution in [0.1, 0.15) is 31.4 Å². The molecule has 130 valence electrons. The molecule has 0 bridgehead atoms. The average Bonchev–Trinajstić information content (AvgIpc) is 2.81. The number of nitrogens with zero attached hydrogens (tertiary/aromatic N) is 2. The number of carbonyl (C=O) groups is 3. The molecule has 1 aliphatic rings. The summed E-state index contributed by atoms with van der Waals surface area (Å²) in [4.78, 5) is 38.9. The third-order valence-electron chi connectivity index (χ3n) is 4.23. The molecule has 2 rings (SSSR count). The van der Waals surface area contributed by atoms with Crippen LogP contribution in [0.4, 0.5) is 0 Å². The van der Waals surface area contributed by atoms with Crippen LogP contribution in [0.15, 0.2) is 24.3 Å². The molecule has 1 aromatic carbocycles. The number of benzene rings is 1. The summed E-state index contributed by atoms with van der Waals surface area (Å²) in [6, 6.07) is 6.64. The van der Waals surface area contributed by atoms with Crippen molar-refractivity contribution in [2.24, 2.45) is 5.92 Å². The van der Waals surface area contributed by atoms with Gasteiger partial charge in [-0.05, 0) is 24.1 Å². The highest BCUT2D eigenvalue weighted by Crippen LogP contribution is 2.38. The van der Waals surface area contributed by atoms with Crippen molar-refractivity contribution in [3.05, 3.63) is 34.9 Å². The normalized spacial score (nSPS) is 20.3. The third-order valence-corrected chi connectivity index (χ3v) is 4.46. The standard InChI is InChI=1S/C17H21ClN2O4/c1-3-7-20(10-15(22)23)17(24)13-9-14(21)19(2)16(13)11-5-4-6-12(18)8-11/h4-6,8,13,16H,3,7,9-10H2,1-2H3,(H,22,23). The van der Waals surface area contributed by atoms with Crippen molar-refractivity contribution >= 4 is 29.4 Å². The molecule has 1 fully saturated rings. The van der Waals surface area contributed by atoms with Crippen LogP contribution in [0.3, 0.4) is 0 Å². The fourth-order valence-corrected chi connectivity index (χ4v) is 3.37. The van der Waals surface area contributed by atoms with E-state index >= 15 is 0 Å². The quantitative estimate of drug-likeness (QED) is 0.851. The number of hydrogen-bond donors (Lipinski definition) is 1. The van der Waals surface area contributed by atoms with Crippen LogP contribution in [0.5, 0.6) is 0 Å². The van der Waals surface area contributed by atoms with Gasteiger partial charge in [-0.3, -0.25) is 14.4 Å². The van der Waals surface area contributed by atoms with Gasteiger partial charge in [0.1, 0.15) is 6.54 Å². The Morgan fingerprint density at radius 2 is 2.12 bits per heavy atom. The summed E-state index contributed by atoms with van der Waals surface area (Å²) in [7, 11) is 1.66. The number of carboxylic acid groups (broad SMARTS) is 1. The minimum absolute atomic E-state index is 0.0757. The number of hydrogen-bond acceptors (Lipinski definition) is 3. The second kappa shape index (κ2) is 7.66. The fraction of sp³-hybridized carbons (Fsp3) is 0.471. The maximum absolute atomic E-state index is 12.9. The van der Waals surface area contributed by atoms with Crippen molar-refractivity contribution in [2.75, 3.05) is 20.1 Å². The van der Waals surface area contributed by atoms with E-state index < -0.39 is 17.9 Å². The molecule has 1 saturated heterocycles. The Morgan fingerprint density at radius 3 is 2.71 bits per heavy atom. The summed E-state index contributed by atoms with van der Waals surface area (Å²) in [6.45, 7) is 1.87. The Bertz CT molecular complexity index is 649. The molecule has 2 unspecified atom stereocenters. The summed E-state index contributed by atoms with van der Waals surface area (Å²) < 4.78 is 0. The van der Waals surface area contributed by atoms with Gasteiger partial charge in [0.05, 0.1) is 12.0 Å². The van der Waals surface area contributed by atoms with Crippen molar-refractivity contribution in [2.45, 2.75) is 25.8 Å². The smallest absolute Gasteiger partial charge is 0.323 e. The van der Waals surface area contributed by atoms with Gasteiger partial charge in [0.2, 0.25) is 11.8 Å². The molecule has 2 amide bonds. The Hall–Kier alpha value is -2.08. The highest BCUT2D eigenvalue weighted by Gasteiger charge is 2.44. The monoisotopic (exact) mass is 352 g/mol. The van der Waals surface area contributed by atoms with E-state index in [0.717, 1.165) is 5.56 Å². The van der Waals surface area contributed by atoms with Crippen LogP contribution in [0.25, 0.3) is 0 Å². The maximum atomic E-state index is 12.9. The number of amides is 2. The van der Waals surface area contributed by atoms with Crippen molar-refractivity contribution in [1.82, 2.24) is 9.80 Å². The molecular formula is C17H21ClN2O4. The van der Waals surface area contributed by atoms with Gasteiger partial charge >= 0.3 is 5.97 Å². The Kier molecular flexibility index (Phi) is 5.83. The van der Waals surface area contributed by atoms with Gasteiger partial charge in [-0.1, -0.05) is 30.7 Å². The van der Waals surface area contributed by atoms with E-state index in [2.05, 4.69) is 0 Å². The van der Waals surface area contributed by atoms with Crippen LogP contribution in [0.2, 0.25) is 5.02 Å². The van der Waals surface area contributed by atoms with E-state index in [-0.39, 0.29) is 24.8 Å². The zero-order valence-electron chi connectivity index (χ0n) is 13.7. The molecule has 6 nitrogen and oxygen atoms in total. The molecule has 1 heterocycles. The highest BCUT2D eigenvalue weighted by molar-refractivity contribution is 6.30. The van der Waals surface area contributed by atoms with E-state index in [4.69, 9.17) is 16.7 Å². The van der Waals surface area contributed by atoms with Crippen molar-refractivity contribution in [3.63, 3.8) is 0 Å². The molecule has 0 aliphatic carbocycles. The van der Waals surface area contributed by atoms with Crippen molar-refractivity contribution in [3.8, 4) is 0 Å². The molecule has 24 heavy (non-hydrogen) atoms. The minimum atomic E-state index is -1.06. The molecular weight excluding hydrogens is 332 g/mol. The molecule has 0 saturated carbocycles. The van der Waals surface area contributed by atoms with Gasteiger partial charge in [-0.2, -0.15) is 0 Å². The summed E-state index contributed by atoms with van der Waals surface area (Å²) in [5.41, 5.74) is 0.779. The third kappa shape index (κ3) is 3.87. The Balaban J connectivity index is 2.33. The van der Waals surface area contributed by atoms with E-state index in [0.29, 0.717) is 18.0 Å². The minimum Gasteiger partial charge on any atom is -0.480 e. The van der Waals surface area contributed by atoms with Crippen LogP contribution in [-0.4, -0.2) is 52.8 Å². The zero-order valence-corrected chi connectivity index (χ0v) is 14.5. The van der Waals surface area contributed by atoms with Crippen molar-refractivity contribution in [1.29, 1.82) is 0 Å². The average molecular weight is 353 g/mol. The van der Waals surface area contributed by atoms with Gasteiger partial charge in [0.25, 0.3) is 0 Å². The number of halogens is 1. The molecule has 7 heteroatoms. The molecule has 1 aliphatic heterocycles. The van der Waals surface area contributed by atoms with Crippen LogP contribution < -0.4 is 0 Å². The molecule has 0 radical (unpaired) electrons. The number of carboxylic acids is 1. The second-order valence-electron chi connectivity index (χ2n) is 5.97. The first-order chi connectivity index (χ1) is 11.3. The van der Waals surface area contributed by atoms with E-state index in [1.807, 2.05) is 13.0 Å². The number of likely N-dealkylation sites (tertiary alicyclic amines) is 1. The lowest BCUT2D eigenvalue weighted by molar-refractivity contribution is -0.146. The Morgan fingerprint density at radius 1 is 1.42 bits per heavy atom. The first kappa shape index (κ1) is 18.3. The maximum Gasteiger partial charge on any atom is 0.323 e. The van der Waals surface area contributed by atoms with Gasteiger partial charge < -0.3 is 14.9 Å². The Labute approximate surface area is 146 Å². The zero-order chi connectivity index (χ0) is 17.9. The predicted octanol–water partition coefficient (Wildman–Crippen LogP) is 2.18. The van der Waals surface area contributed by atoms with Crippen LogP contribution in [-0.2, 0) is 14.4 Å². The molecule has 1 aromatic rings. The number of carbonyl (C=O) groups excluding carboxylic acids is 2. The summed E-state index contributed by atoms with van der Waals surface area (Å²) in [5.74, 6) is -2.10. The SMILES string of the molecule is CCCN(CC(=O)O)C(=O)C1CC(=O)N(C)C1c1cccc(Cl)c1. The molecule has 2 atom stereocenters. The van der Waals surface area contributed by atoms with Gasteiger partial charge in [-0.25, -0.2) is 0 Å². The summed E-state index contributed by atoms with van der Waals surface area (Å²) in [6.07, 6.45) is 0.726. The number of rotatable bonds is 6. The first-order valence-corrected chi connectivity index (χ1v) is 8.24. The number of aliphatic carboxylic acids is 1. The van der Waals surface area contributed by atoms with Gasteiger partial charge in [0, 0.05) is 25.0 Å². The lowest BCUT2D eigenvalue weighted by atomic mass is 9.92. The topological polar surface area (TPSA) is 77.9 Å². The lowest BCUT2D eigenvalue weighted by Gasteiger charge is -2.29. The van der Waals surface area contributed by atoms with E-state index in [9.17, 15) is 14.4 Å². The van der Waals surface area contributed by atoms with Crippen LogP contribution in [0, 0.1) is 5.92 Å². The fourth-order valence-electron chi connectivity index (χ4n) is 3.17. The second-order valence-corrected chi connectivity index (χ2v) is 6.41. The predicted molar refractivity (Wildman–Crippen MR) is 89.6 cm³/mol. The lowest BCUT2D eigenvalue weighted by Crippen LogP contribution is -2.41. The molecule has 0 aromatic heterocycles. The molecule has 0 spiro atoms. The van der Waals surface area contributed by atoms with Crippen molar-refractivity contribution < 1.29 is 19.5 Å². The highest BCUT2D eigenvalue weighted by atomic mass is 35.5. The van der Waals surface area contributed by atoms with Crippen LogP contribution >= 0.6 is 11.6 Å². The van der Waals surface area contributed by atoms with Gasteiger partial charge in [0.15, 0.2) is 0 Å². The van der Waals surface area contributed by atoms with E-state index in [1.54, 1.807) is 30.1 Å². The largest absolute Gasteiger partial charge is 0.480 e. The molecule has 1 N–H and O–H groups in total. The first-order valence-electron chi connectivity index (χ1n) is 7.86. The van der Waals surface area contributed by atoms with E-state index in [1.165, 1.54) is 4.90 Å². The summed E-state index contributed by atoms with van der Waals surface area (Å²) >= 11 is 6.04.